The third kappa shape index (κ3) is 4.79. The normalized spacial score (nSPS) is 13.9. The van der Waals surface area contributed by atoms with E-state index in [1.807, 2.05) is 43.3 Å². The fraction of sp³-hybridized carbons (Fsp3) is 0.280. The molecular weight excluding hydrogens is 454 g/mol. The lowest BCUT2D eigenvalue weighted by atomic mass is 9.98. The lowest BCUT2D eigenvalue weighted by Crippen LogP contribution is -2.44. The van der Waals surface area contributed by atoms with Crippen LogP contribution in [0.4, 0.5) is 9.93 Å². The van der Waals surface area contributed by atoms with Crippen LogP contribution in [0.1, 0.15) is 47.0 Å². The number of hydrogen-bond acceptors (Lipinski definition) is 6. The molecular formula is C25H25N3O5S. The summed E-state index contributed by atoms with van der Waals surface area (Å²) in [5.74, 6) is -1.94. The summed E-state index contributed by atoms with van der Waals surface area (Å²) in [7, 11) is 0. The van der Waals surface area contributed by atoms with Crippen molar-refractivity contribution in [1.29, 1.82) is 0 Å². The molecule has 3 N–H and O–H groups in total. The number of ether oxygens (including phenoxy) is 1. The first kappa shape index (κ1) is 23.4. The number of nitrogens with one attached hydrogen (secondary N) is 2. The monoisotopic (exact) mass is 479 g/mol. The molecule has 0 saturated heterocycles. The van der Waals surface area contributed by atoms with Crippen molar-refractivity contribution in [2.75, 3.05) is 11.9 Å². The minimum atomic E-state index is -1.09. The number of amides is 2. The van der Waals surface area contributed by atoms with Crippen LogP contribution in [0, 0.1) is 5.92 Å². The van der Waals surface area contributed by atoms with Crippen molar-refractivity contribution in [3.63, 3.8) is 0 Å². The van der Waals surface area contributed by atoms with E-state index in [0.29, 0.717) is 6.42 Å². The maximum Gasteiger partial charge on any atom is 0.413 e. The number of fused-ring (bicyclic) bond motifs is 3. The first-order valence-electron chi connectivity index (χ1n) is 11.0. The molecule has 1 aromatic heterocycles. The van der Waals surface area contributed by atoms with Crippen molar-refractivity contribution < 1.29 is 24.2 Å². The van der Waals surface area contributed by atoms with Crippen LogP contribution in [-0.4, -0.2) is 40.7 Å². The Kier molecular flexibility index (Phi) is 6.93. The molecule has 1 heterocycles. The summed E-state index contributed by atoms with van der Waals surface area (Å²) >= 11 is 0.950. The molecule has 176 valence electrons. The van der Waals surface area contributed by atoms with Crippen LogP contribution in [0.2, 0.25) is 0 Å². The number of nitrogens with zero attached hydrogens (tertiary/aromatic N) is 1. The van der Waals surface area contributed by atoms with Crippen molar-refractivity contribution in [1.82, 2.24) is 10.3 Å². The van der Waals surface area contributed by atoms with E-state index in [4.69, 9.17) is 4.74 Å². The van der Waals surface area contributed by atoms with Crippen molar-refractivity contribution in [2.24, 2.45) is 5.92 Å². The Balaban J connectivity index is 1.37. The second kappa shape index (κ2) is 10.0. The predicted molar refractivity (Wildman–Crippen MR) is 129 cm³/mol. The maximum absolute atomic E-state index is 12.5. The predicted octanol–water partition coefficient (Wildman–Crippen LogP) is 4.73. The number of carbonyl (C=O) groups is 3. The van der Waals surface area contributed by atoms with E-state index in [1.165, 1.54) is 6.20 Å². The highest BCUT2D eigenvalue weighted by Crippen LogP contribution is 2.44. The van der Waals surface area contributed by atoms with Crippen LogP contribution in [0.5, 0.6) is 0 Å². The van der Waals surface area contributed by atoms with Gasteiger partial charge in [-0.25, -0.2) is 14.6 Å². The van der Waals surface area contributed by atoms with E-state index in [0.717, 1.165) is 33.6 Å². The highest BCUT2D eigenvalue weighted by atomic mass is 32.1. The van der Waals surface area contributed by atoms with Crippen LogP contribution in [0.15, 0.2) is 54.7 Å². The number of carboxylic acid groups (broad SMARTS) is 1. The number of benzene rings is 2. The van der Waals surface area contributed by atoms with E-state index in [2.05, 4.69) is 27.8 Å². The number of anilines is 1. The third-order valence-corrected chi connectivity index (χ3v) is 6.96. The molecule has 8 nitrogen and oxygen atoms in total. The molecule has 0 radical (unpaired) electrons. The molecule has 4 rings (SSSR count). The van der Waals surface area contributed by atoms with Gasteiger partial charge in [-0.3, -0.25) is 10.1 Å². The summed E-state index contributed by atoms with van der Waals surface area (Å²) in [5, 5.41) is 14.6. The number of aromatic nitrogens is 1. The number of thiazole rings is 1. The summed E-state index contributed by atoms with van der Waals surface area (Å²) in [6.45, 7) is 3.78. The van der Waals surface area contributed by atoms with Crippen LogP contribution in [0.25, 0.3) is 11.1 Å². The molecule has 9 heteroatoms. The van der Waals surface area contributed by atoms with Gasteiger partial charge in [0.25, 0.3) is 5.91 Å². The number of rotatable bonds is 8. The quantitative estimate of drug-likeness (QED) is 0.430. The lowest BCUT2D eigenvalue weighted by molar-refractivity contribution is -0.140. The average molecular weight is 480 g/mol. The van der Waals surface area contributed by atoms with Gasteiger partial charge in [0.05, 0.1) is 6.20 Å². The third-order valence-electron chi connectivity index (χ3n) is 6.05. The van der Waals surface area contributed by atoms with Crippen LogP contribution >= 0.6 is 11.3 Å². The second-order valence-corrected chi connectivity index (χ2v) is 9.19. The van der Waals surface area contributed by atoms with E-state index in [1.54, 1.807) is 6.92 Å². The zero-order valence-electron chi connectivity index (χ0n) is 18.8. The van der Waals surface area contributed by atoms with Gasteiger partial charge in [-0.1, -0.05) is 80.1 Å². The van der Waals surface area contributed by atoms with Gasteiger partial charge in [-0.15, -0.1) is 0 Å². The number of carboxylic acids is 1. The second-order valence-electron chi connectivity index (χ2n) is 8.16. The molecule has 1 aliphatic rings. The van der Waals surface area contributed by atoms with Crippen LogP contribution < -0.4 is 10.6 Å². The summed E-state index contributed by atoms with van der Waals surface area (Å²) in [6, 6.07) is 15.1. The highest BCUT2D eigenvalue weighted by molar-refractivity contribution is 7.17. The molecule has 3 aromatic rings. The van der Waals surface area contributed by atoms with Crippen molar-refractivity contribution in [2.45, 2.75) is 32.2 Å². The molecule has 0 unspecified atom stereocenters. The molecule has 0 aliphatic heterocycles. The average Bonchev–Trinajstić information content (AvgIpc) is 3.43. The fourth-order valence-corrected chi connectivity index (χ4v) is 4.76. The molecule has 0 fully saturated rings. The maximum atomic E-state index is 12.5. The molecule has 0 spiro atoms. The van der Waals surface area contributed by atoms with Gasteiger partial charge in [0.1, 0.15) is 17.5 Å². The van der Waals surface area contributed by atoms with Crippen molar-refractivity contribution >= 4 is 34.4 Å². The van der Waals surface area contributed by atoms with E-state index < -0.39 is 24.0 Å². The van der Waals surface area contributed by atoms with E-state index in [-0.39, 0.29) is 28.5 Å². The Morgan fingerprint density at radius 1 is 1.09 bits per heavy atom. The summed E-state index contributed by atoms with van der Waals surface area (Å²) in [5.41, 5.74) is 4.50. The van der Waals surface area contributed by atoms with Gasteiger partial charge < -0.3 is 15.2 Å². The first-order chi connectivity index (χ1) is 16.4. The molecule has 0 bridgehead atoms. The van der Waals surface area contributed by atoms with Gasteiger partial charge in [0, 0.05) is 5.92 Å². The molecule has 2 aromatic carbocycles. The van der Waals surface area contributed by atoms with Gasteiger partial charge in [0.15, 0.2) is 5.13 Å². The molecule has 34 heavy (non-hydrogen) atoms. The van der Waals surface area contributed by atoms with Crippen LogP contribution in [-0.2, 0) is 9.53 Å². The Bertz CT molecular complexity index is 1180. The standard InChI is InChI=1S/C25H25N3O5S/c1-3-14(2)21(23(30)31)27-22(29)20-12-26-24(34-20)28-25(32)33-13-19-17-10-6-4-8-15(17)16-9-5-7-11-18(16)19/h4-12,14,19,21H,3,13H2,1-2H3,(H,27,29)(H,30,31)(H,26,28,32)/t14-,21-/m0/s1. The summed E-state index contributed by atoms with van der Waals surface area (Å²) in [4.78, 5) is 40.6. The SMILES string of the molecule is CC[C@H](C)[C@H](NC(=O)c1cnc(NC(=O)OCC2c3ccccc3-c3ccccc32)s1)C(=O)O. The lowest BCUT2D eigenvalue weighted by Gasteiger charge is -2.19. The molecule has 2 atom stereocenters. The number of carbonyl (C=O) groups excluding carboxylic acids is 2. The molecule has 0 saturated carbocycles. The van der Waals surface area contributed by atoms with Gasteiger partial charge >= 0.3 is 12.1 Å². The zero-order valence-corrected chi connectivity index (χ0v) is 19.6. The van der Waals surface area contributed by atoms with Gasteiger partial charge in [-0.2, -0.15) is 0 Å². The highest BCUT2D eigenvalue weighted by Gasteiger charge is 2.29. The summed E-state index contributed by atoms with van der Waals surface area (Å²) in [6.07, 6.45) is 1.23. The summed E-state index contributed by atoms with van der Waals surface area (Å²) < 4.78 is 5.49. The van der Waals surface area contributed by atoms with Crippen molar-refractivity contribution in [3.8, 4) is 11.1 Å². The Labute approximate surface area is 201 Å². The largest absolute Gasteiger partial charge is 0.480 e. The smallest absolute Gasteiger partial charge is 0.413 e. The first-order valence-corrected chi connectivity index (χ1v) is 11.8. The minimum absolute atomic E-state index is 0.0655. The fourth-order valence-electron chi connectivity index (χ4n) is 4.05. The molecule has 1 aliphatic carbocycles. The Morgan fingerprint density at radius 2 is 1.71 bits per heavy atom. The van der Waals surface area contributed by atoms with E-state index >= 15 is 0 Å². The topological polar surface area (TPSA) is 118 Å². The Hall–Kier alpha value is -3.72. The van der Waals surface area contributed by atoms with Gasteiger partial charge in [0.2, 0.25) is 0 Å². The van der Waals surface area contributed by atoms with E-state index in [9.17, 15) is 19.5 Å². The number of aliphatic carboxylic acids is 1. The molecule has 2 amide bonds. The van der Waals surface area contributed by atoms with Gasteiger partial charge in [-0.05, 0) is 28.2 Å². The van der Waals surface area contributed by atoms with Crippen LogP contribution in [0.3, 0.4) is 0 Å². The van der Waals surface area contributed by atoms with Crippen molar-refractivity contribution in [3.05, 3.63) is 70.7 Å². The zero-order chi connectivity index (χ0) is 24.2. The Morgan fingerprint density at radius 3 is 2.29 bits per heavy atom. The minimum Gasteiger partial charge on any atom is -0.480 e. The number of hydrogen-bond donors (Lipinski definition) is 3.